The van der Waals surface area contributed by atoms with E-state index in [2.05, 4.69) is 57.5 Å². The van der Waals surface area contributed by atoms with Crippen LogP contribution in [0.4, 0.5) is 0 Å². The van der Waals surface area contributed by atoms with Crippen molar-refractivity contribution >= 4 is 0 Å². The first-order valence-electron chi connectivity index (χ1n) is 8.48. The molecule has 1 fully saturated rings. The SMILES string of the molecule is CC(C)c1noc(C2CCN(Cc3nncn3C(C)C)CC2)n1. The molecule has 0 atom stereocenters. The number of piperidine rings is 1. The second kappa shape index (κ2) is 6.78. The van der Waals surface area contributed by atoms with Crippen LogP contribution in [0.5, 0.6) is 0 Å². The van der Waals surface area contributed by atoms with Gasteiger partial charge >= 0.3 is 0 Å². The summed E-state index contributed by atoms with van der Waals surface area (Å²) in [5.74, 6) is 3.36. The summed E-state index contributed by atoms with van der Waals surface area (Å²) in [5, 5.41) is 12.4. The van der Waals surface area contributed by atoms with Gasteiger partial charge in [-0.25, -0.2) is 0 Å². The monoisotopic (exact) mass is 318 g/mol. The molecule has 0 aliphatic carbocycles. The summed E-state index contributed by atoms with van der Waals surface area (Å²) in [4.78, 5) is 6.98. The molecule has 0 bridgehead atoms. The lowest BCUT2D eigenvalue weighted by molar-refractivity contribution is 0.181. The number of aromatic nitrogens is 5. The van der Waals surface area contributed by atoms with E-state index in [0.29, 0.717) is 17.9 Å². The molecule has 0 radical (unpaired) electrons. The van der Waals surface area contributed by atoms with Crippen LogP contribution in [-0.2, 0) is 6.54 Å². The van der Waals surface area contributed by atoms with Crippen LogP contribution < -0.4 is 0 Å². The normalized spacial score (nSPS) is 17.5. The lowest BCUT2D eigenvalue weighted by Gasteiger charge is -2.30. The number of hydrogen-bond acceptors (Lipinski definition) is 6. The summed E-state index contributed by atoms with van der Waals surface area (Å²) in [6.07, 6.45) is 3.92. The van der Waals surface area contributed by atoms with Crippen LogP contribution in [0.1, 0.15) is 76.0 Å². The number of rotatable bonds is 5. The molecule has 7 heteroatoms. The van der Waals surface area contributed by atoms with Crippen LogP contribution in [0.3, 0.4) is 0 Å². The van der Waals surface area contributed by atoms with Gasteiger partial charge in [0.15, 0.2) is 5.82 Å². The minimum Gasteiger partial charge on any atom is -0.339 e. The summed E-state index contributed by atoms with van der Waals surface area (Å²) >= 11 is 0. The van der Waals surface area contributed by atoms with Gasteiger partial charge in [-0.15, -0.1) is 10.2 Å². The third kappa shape index (κ3) is 3.60. The first-order chi connectivity index (χ1) is 11.0. The highest BCUT2D eigenvalue weighted by Gasteiger charge is 2.26. The minimum atomic E-state index is 0.315. The van der Waals surface area contributed by atoms with Crippen molar-refractivity contribution < 1.29 is 4.52 Å². The molecule has 1 aliphatic heterocycles. The fourth-order valence-electron chi connectivity index (χ4n) is 3.00. The van der Waals surface area contributed by atoms with E-state index in [1.54, 1.807) is 0 Å². The summed E-state index contributed by atoms with van der Waals surface area (Å²) in [5.41, 5.74) is 0. The highest BCUT2D eigenvalue weighted by atomic mass is 16.5. The van der Waals surface area contributed by atoms with Crippen molar-refractivity contribution in [2.24, 2.45) is 0 Å². The average molecular weight is 318 g/mol. The van der Waals surface area contributed by atoms with Crippen molar-refractivity contribution in [2.75, 3.05) is 13.1 Å². The van der Waals surface area contributed by atoms with Crippen molar-refractivity contribution in [2.45, 2.75) is 65.0 Å². The van der Waals surface area contributed by atoms with E-state index in [9.17, 15) is 0 Å². The highest BCUT2D eigenvalue weighted by molar-refractivity contribution is 4.99. The Balaban J connectivity index is 1.56. The van der Waals surface area contributed by atoms with E-state index < -0.39 is 0 Å². The number of likely N-dealkylation sites (tertiary alicyclic amines) is 1. The Morgan fingerprint density at radius 2 is 1.96 bits per heavy atom. The van der Waals surface area contributed by atoms with Gasteiger partial charge in [-0.3, -0.25) is 4.90 Å². The van der Waals surface area contributed by atoms with Gasteiger partial charge in [0.25, 0.3) is 0 Å². The molecule has 1 aliphatic rings. The zero-order valence-corrected chi connectivity index (χ0v) is 14.4. The van der Waals surface area contributed by atoms with Gasteiger partial charge in [-0.05, 0) is 39.8 Å². The molecule has 0 unspecified atom stereocenters. The molecule has 0 aromatic carbocycles. The van der Waals surface area contributed by atoms with Crippen molar-refractivity contribution in [3.63, 3.8) is 0 Å². The van der Waals surface area contributed by atoms with Crippen LogP contribution in [0.15, 0.2) is 10.9 Å². The number of hydrogen-bond donors (Lipinski definition) is 0. The van der Waals surface area contributed by atoms with Gasteiger partial charge in [0.2, 0.25) is 5.89 Å². The second-order valence-electron chi connectivity index (χ2n) is 6.94. The average Bonchev–Trinajstić information content (AvgIpc) is 3.17. The maximum atomic E-state index is 5.45. The minimum absolute atomic E-state index is 0.315. The lowest BCUT2D eigenvalue weighted by atomic mass is 9.96. The van der Waals surface area contributed by atoms with Crippen molar-refractivity contribution in [1.29, 1.82) is 0 Å². The van der Waals surface area contributed by atoms with Gasteiger partial charge in [-0.2, -0.15) is 4.98 Å². The van der Waals surface area contributed by atoms with Crippen LogP contribution in [0.2, 0.25) is 0 Å². The Morgan fingerprint density at radius 3 is 2.57 bits per heavy atom. The lowest BCUT2D eigenvalue weighted by Crippen LogP contribution is -2.33. The second-order valence-corrected chi connectivity index (χ2v) is 6.94. The molecule has 1 saturated heterocycles. The van der Waals surface area contributed by atoms with Crippen LogP contribution >= 0.6 is 0 Å². The molecule has 2 aromatic heterocycles. The summed E-state index contributed by atoms with van der Waals surface area (Å²) in [7, 11) is 0. The molecule has 23 heavy (non-hydrogen) atoms. The Bertz CT molecular complexity index is 624. The quantitative estimate of drug-likeness (QED) is 0.844. The Morgan fingerprint density at radius 1 is 1.22 bits per heavy atom. The first-order valence-corrected chi connectivity index (χ1v) is 8.48. The summed E-state index contributed by atoms with van der Waals surface area (Å²) in [6, 6.07) is 0.394. The fourth-order valence-corrected chi connectivity index (χ4v) is 3.00. The maximum Gasteiger partial charge on any atom is 0.229 e. The van der Waals surface area contributed by atoms with Crippen LogP contribution in [0, 0.1) is 0 Å². The molecule has 2 aromatic rings. The molecule has 3 rings (SSSR count). The molecule has 0 saturated carbocycles. The highest BCUT2D eigenvalue weighted by Crippen LogP contribution is 2.28. The molecule has 0 N–H and O–H groups in total. The van der Waals surface area contributed by atoms with E-state index >= 15 is 0 Å². The molecular weight excluding hydrogens is 292 g/mol. The molecule has 7 nitrogen and oxygen atoms in total. The van der Waals surface area contributed by atoms with Crippen LogP contribution in [-0.4, -0.2) is 42.9 Å². The fraction of sp³-hybridized carbons (Fsp3) is 0.750. The van der Waals surface area contributed by atoms with Gasteiger partial charge in [-0.1, -0.05) is 19.0 Å². The molecule has 126 valence electrons. The zero-order valence-electron chi connectivity index (χ0n) is 14.4. The van der Waals surface area contributed by atoms with E-state index in [1.807, 2.05) is 6.33 Å². The largest absolute Gasteiger partial charge is 0.339 e. The van der Waals surface area contributed by atoms with Gasteiger partial charge in [0, 0.05) is 17.9 Å². The predicted molar refractivity (Wildman–Crippen MR) is 86.0 cm³/mol. The predicted octanol–water partition coefficient (Wildman–Crippen LogP) is 2.75. The van der Waals surface area contributed by atoms with E-state index in [-0.39, 0.29) is 0 Å². The van der Waals surface area contributed by atoms with Gasteiger partial charge in [0.05, 0.1) is 6.54 Å². The number of nitrogens with zero attached hydrogens (tertiary/aromatic N) is 6. The Labute approximate surface area is 137 Å². The van der Waals surface area contributed by atoms with Crippen molar-refractivity contribution in [3.8, 4) is 0 Å². The Kier molecular flexibility index (Phi) is 4.75. The first kappa shape index (κ1) is 16.1. The van der Waals surface area contributed by atoms with Crippen LogP contribution in [0.25, 0.3) is 0 Å². The topological polar surface area (TPSA) is 72.9 Å². The van der Waals surface area contributed by atoms with E-state index in [1.165, 1.54) is 0 Å². The van der Waals surface area contributed by atoms with E-state index in [0.717, 1.165) is 50.0 Å². The standard InChI is InChI=1S/C16H26N6O/c1-11(2)15-18-16(23-20-15)13-5-7-21(8-6-13)9-14-19-17-10-22(14)12(3)4/h10-13H,5-9H2,1-4H3. The molecular formula is C16H26N6O. The molecule has 0 spiro atoms. The van der Waals surface area contributed by atoms with Gasteiger partial charge in [0.1, 0.15) is 12.2 Å². The van der Waals surface area contributed by atoms with Gasteiger partial charge < -0.3 is 9.09 Å². The van der Waals surface area contributed by atoms with Crippen molar-refractivity contribution in [3.05, 3.63) is 23.9 Å². The Hall–Kier alpha value is -1.76. The van der Waals surface area contributed by atoms with Crippen molar-refractivity contribution in [1.82, 2.24) is 29.8 Å². The summed E-state index contributed by atoms with van der Waals surface area (Å²) in [6.45, 7) is 11.4. The zero-order chi connectivity index (χ0) is 16.4. The maximum absolute atomic E-state index is 5.45. The smallest absolute Gasteiger partial charge is 0.229 e. The summed E-state index contributed by atoms with van der Waals surface area (Å²) < 4.78 is 7.59. The third-order valence-corrected chi connectivity index (χ3v) is 4.48. The third-order valence-electron chi connectivity index (χ3n) is 4.48. The molecule has 3 heterocycles. The van der Waals surface area contributed by atoms with E-state index in [4.69, 9.17) is 4.52 Å². The molecule has 0 amide bonds.